The van der Waals surface area contributed by atoms with Gasteiger partial charge in [0.1, 0.15) is 0 Å². The van der Waals surface area contributed by atoms with Crippen LogP contribution in [0.25, 0.3) is 0 Å². The van der Waals surface area contributed by atoms with Crippen molar-refractivity contribution < 1.29 is 9.59 Å². The van der Waals surface area contributed by atoms with Crippen molar-refractivity contribution in [3.05, 3.63) is 36.2 Å². The SMILES string of the molecule is CCn1cc(N)c(C(=O)Nc2cccc(NC(C)=O)c2)n1. The van der Waals surface area contributed by atoms with Crippen LogP contribution in [0.3, 0.4) is 0 Å². The highest BCUT2D eigenvalue weighted by atomic mass is 16.2. The molecule has 21 heavy (non-hydrogen) atoms. The van der Waals surface area contributed by atoms with Crippen LogP contribution in [-0.2, 0) is 11.3 Å². The van der Waals surface area contributed by atoms with Crippen LogP contribution in [0.15, 0.2) is 30.5 Å². The lowest BCUT2D eigenvalue weighted by atomic mass is 10.2. The molecule has 0 aliphatic heterocycles. The van der Waals surface area contributed by atoms with Crippen LogP contribution in [0, 0.1) is 0 Å². The minimum Gasteiger partial charge on any atom is -0.396 e. The van der Waals surface area contributed by atoms with Crippen LogP contribution in [0.1, 0.15) is 24.3 Å². The molecule has 2 aromatic rings. The van der Waals surface area contributed by atoms with Crippen molar-refractivity contribution in [2.24, 2.45) is 0 Å². The van der Waals surface area contributed by atoms with E-state index in [4.69, 9.17) is 5.73 Å². The molecule has 0 atom stereocenters. The second-order valence-corrected chi connectivity index (χ2v) is 4.50. The van der Waals surface area contributed by atoms with E-state index >= 15 is 0 Å². The third kappa shape index (κ3) is 3.59. The average molecular weight is 287 g/mol. The Hall–Kier alpha value is -2.83. The molecule has 0 spiro atoms. The number of nitrogens with zero attached hydrogens (tertiary/aromatic N) is 2. The van der Waals surface area contributed by atoms with E-state index in [1.807, 2.05) is 6.92 Å². The highest BCUT2D eigenvalue weighted by Crippen LogP contribution is 2.17. The fraction of sp³-hybridized carbons (Fsp3) is 0.214. The molecule has 0 fully saturated rings. The van der Waals surface area contributed by atoms with Gasteiger partial charge in [-0.1, -0.05) is 6.07 Å². The largest absolute Gasteiger partial charge is 0.396 e. The molecule has 1 aromatic heterocycles. The summed E-state index contributed by atoms with van der Waals surface area (Å²) in [5.74, 6) is -0.566. The molecule has 2 amide bonds. The number of carbonyl (C=O) groups excluding carboxylic acids is 2. The Balaban J connectivity index is 2.15. The summed E-state index contributed by atoms with van der Waals surface area (Å²) in [6, 6.07) is 6.84. The van der Waals surface area contributed by atoms with Gasteiger partial charge in [0.2, 0.25) is 5.91 Å². The molecule has 0 saturated carbocycles. The quantitative estimate of drug-likeness (QED) is 0.796. The Morgan fingerprint density at radius 1 is 1.29 bits per heavy atom. The van der Waals surface area contributed by atoms with E-state index in [-0.39, 0.29) is 17.5 Å². The van der Waals surface area contributed by atoms with Crippen LogP contribution >= 0.6 is 0 Å². The minimum absolute atomic E-state index is 0.176. The smallest absolute Gasteiger partial charge is 0.278 e. The lowest BCUT2D eigenvalue weighted by Crippen LogP contribution is -2.15. The molecule has 0 radical (unpaired) electrons. The summed E-state index contributed by atoms with van der Waals surface area (Å²) in [6.45, 7) is 3.96. The zero-order valence-electron chi connectivity index (χ0n) is 11.9. The van der Waals surface area contributed by atoms with Crippen molar-refractivity contribution >= 4 is 28.9 Å². The summed E-state index contributed by atoms with van der Waals surface area (Å²) >= 11 is 0. The molecule has 7 heteroatoms. The number of rotatable bonds is 4. The maximum absolute atomic E-state index is 12.1. The van der Waals surface area contributed by atoms with Crippen LogP contribution in [0.2, 0.25) is 0 Å². The molecular formula is C14H17N5O2. The summed E-state index contributed by atoms with van der Waals surface area (Å²) in [4.78, 5) is 23.2. The molecule has 0 bridgehead atoms. The summed E-state index contributed by atoms with van der Waals surface area (Å²) in [6.07, 6.45) is 1.61. The number of nitrogens with one attached hydrogen (secondary N) is 2. The van der Waals surface area contributed by atoms with Crippen LogP contribution < -0.4 is 16.4 Å². The summed E-state index contributed by atoms with van der Waals surface area (Å²) < 4.78 is 1.60. The monoisotopic (exact) mass is 287 g/mol. The summed E-state index contributed by atoms with van der Waals surface area (Å²) in [7, 11) is 0. The molecule has 1 aromatic carbocycles. The van der Waals surface area contributed by atoms with E-state index in [0.717, 1.165) is 0 Å². The first-order chi connectivity index (χ1) is 9.99. The molecule has 110 valence electrons. The number of benzene rings is 1. The highest BCUT2D eigenvalue weighted by molar-refractivity contribution is 6.06. The third-order valence-corrected chi connectivity index (χ3v) is 2.77. The van der Waals surface area contributed by atoms with E-state index in [0.29, 0.717) is 23.6 Å². The normalized spacial score (nSPS) is 10.2. The number of aryl methyl sites for hydroxylation is 1. The number of hydrogen-bond acceptors (Lipinski definition) is 4. The number of hydrogen-bond donors (Lipinski definition) is 3. The van der Waals surface area contributed by atoms with Crippen molar-refractivity contribution in [3.8, 4) is 0 Å². The first kappa shape index (κ1) is 14.6. The lowest BCUT2D eigenvalue weighted by molar-refractivity contribution is -0.114. The average Bonchev–Trinajstić information content (AvgIpc) is 2.80. The van der Waals surface area contributed by atoms with Gasteiger partial charge in [0, 0.05) is 31.0 Å². The minimum atomic E-state index is -0.389. The van der Waals surface area contributed by atoms with E-state index in [2.05, 4.69) is 15.7 Å². The Labute approximate surface area is 122 Å². The fourth-order valence-electron chi connectivity index (χ4n) is 1.84. The molecule has 2 rings (SSSR count). The first-order valence-corrected chi connectivity index (χ1v) is 6.51. The van der Waals surface area contributed by atoms with E-state index in [9.17, 15) is 9.59 Å². The number of nitrogen functional groups attached to an aromatic ring is 1. The maximum Gasteiger partial charge on any atom is 0.278 e. The molecule has 0 aliphatic rings. The highest BCUT2D eigenvalue weighted by Gasteiger charge is 2.14. The van der Waals surface area contributed by atoms with Crippen LogP contribution in [0.5, 0.6) is 0 Å². The number of nitrogens with two attached hydrogens (primary N) is 1. The second-order valence-electron chi connectivity index (χ2n) is 4.50. The predicted octanol–water partition coefficient (Wildman–Crippen LogP) is 1.70. The maximum atomic E-state index is 12.1. The van der Waals surface area contributed by atoms with Gasteiger partial charge < -0.3 is 16.4 Å². The van der Waals surface area contributed by atoms with E-state index in [1.54, 1.807) is 35.1 Å². The van der Waals surface area contributed by atoms with Crippen molar-refractivity contribution in [2.75, 3.05) is 16.4 Å². The van der Waals surface area contributed by atoms with E-state index in [1.165, 1.54) is 6.92 Å². The zero-order chi connectivity index (χ0) is 15.4. The summed E-state index contributed by atoms with van der Waals surface area (Å²) in [5, 5.41) is 9.46. The van der Waals surface area contributed by atoms with Gasteiger partial charge in [-0.3, -0.25) is 14.3 Å². The van der Waals surface area contributed by atoms with E-state index < -0.39 is 0 Å². The van der Waals surface area contributed by atoms with Gasteiger partial charge in [-0.25, -0.2) is 0 Å². The molecule has 7 nitrogen and oxygen atoms in total. The van der Waals surface area contributed by atoms with Crippen molar-refractivity contribution in [1.29, 1.82) is 0 Å². The van der Waals surface area contributed by atoms with Crippen molar-refractivity contribution in [3.63, 3.8) is 0 Å². The number of anilines is 3. The Bertz CT molecular complexity index is 678. The van der Waals surface area contributed by atoms with Gasteiger partial charge in [-0.2, -0.15) is 5.10 Å². The standard InChI is InChI=1S/C14H17N5O2/c1-3-19-8-12(15)13(18-19)14(21)17-11-6-4-5-10(7-11)16-9(2)20/h4-8H,3,15H2,1-2H3,(H,16,20)(H,17,21). The Kier molecular flexibility index (Phi) is 4.22. The number of carbonyl (C=O) groups is 2. The summed E-state index contributed by atoms with van der Waals surface area (Å²) in [5.41, 5.74) is 7.43. The molecule has 0 saturated heterocycles. The van der Waals surface area contributed by atoms with Gasteiger partial charge in [0.05, 0.1) is 5.69 Å². The molecule has 0 unspecified atom stereocenters. The first-order valence-electron chi connectivity index (χ1n) is 6.51. The second kappa shape index (κ2) is 6.08. The van der Waals surface area contributed by atoms with Gasteiger partial charge in [0.25, 0.3) is 5.91 Å². The zero-order valence-corrected chi connectivity index (χ0v) is 11.9. The molecule has 4 N–H and O–H groups in total. The van der Waals surface area contributed by atoms with Crippen LogP contribution in [0.4, 0.5) is 17.1 Å². The predicted molar refractivity (Wildman–Crippen MR) is 81.0 cm³/mol. The molecule has 0 aliphatic carbocycles. The van der Waals surface area contributed by atoms with Crippen molar-refractivity contribution in [2.45, 2.75) is 20.4 Å². The molecular weight excluding hydrogens is 270 g/mol. The molecule has 1 heterocycles. The van der Waals surface area contributed by atoms with Crippen LogP contribution in [-0.4, -0.2) is 21.6 Å². The van der Waals surface area contributed by atoms with Crippen molar-refractivity contribution in [1.82, 2.24) is 9.78 Å². The number of aromatic nitrogens is 2. The Morgan fingerprint density at radius 2 is 1.95 bits per heavy atom. The fourth-order valence-corrected chi connectivity index (χ4v) is 1.84. The van der Waals surface area contributed by atoms with Gasteiger partial charge in [-0.15, -0.1) is 0 Å². The van der Waals surface area contributed by atoms with Gasteiger partial charge in [0.15, 0.2) is 5.69 Å². The lowest BCUT2D eigenvalue weighted by Gasteiger charge is -2.07. The Morgan fingerprint density at radius 3 is 2.52 bits per heavy atom. The van der Waals surface area contributed by atoms with Gasteiger partial charge >= 0.3 is 0 Å². The van der Waals surface area contributed by atoms with Gasteiger partial charge in [-0.05, 0) is 25.1 Å². The number of amides is 2. The topological polar surface area (TPSA) is 102 Å². The third-order valence-electron chi connectivity index (χ3n) is 2.77.